The van der Waals surface area contributed by atoms with E-state index in [2.05, 4.69) is 15.5 Å². The van der Waals surface area contributed by atoms with Gasteiger partial charge in [-0.3, -0.25) is 9.36 Å². The van der Waals surface area contributed by atoms with E-state index in [0.29, 0.717) is 43.6 Å². The van der Waals surface area contributed by atoms with Gasteiger partial charge in [-0.15, -0.1) is 10.2 Å². The molecule has 3 N–H and O–H groups in total. The fourth-order valence-electron chi connectivity index (χ4n) is 3.08. The largest absolute Gasteiger partial charge is 0.379 e. The van der Waals surface area contributed by atoms with E-state index >= 15 is 0 Å². The van der Waals surface area contributed by atoms with E-state index in [0.717, 1.165) is 0 Å². The van der Waals surface area contributed by atoms with Crippen LogP contribution >= 0.6 is 11.8 Å². The Morgan fingerprint density at radius 3 is 2.52 bits per heavy atom. The van der Waals surface area contributed by atoms with Crippen LogP contribution in [-0.2, 0) is 19.6 Å². The summed E-state index contributed by atoms with van der Waals surface area (Å²) in [6.07, 6.45) is 2.32. The standard InChI is InChI=1S/C17H24N6O4S2/c1-3-14(23-16(18)20-21-17(23)28-2)15(24)19-12-4-6-13(7-5-12)29(25,26)22-8-10-27-11-9-22/h4-7,14H,3,8-11H2,1-2H3,(H2,18,20)(H,19,24). The molecule has 1 aliphatic rings. The predicted molar refractivity (Wildman–Crippen MR) is 110 cm³/mol. The molecule has 1 aromatic heterocycles. The van der Waals surface area contributed by atoms with E-state index in [4.69, 9.17) is 10.5 Å². The van der Waals surface area contributed by atoms with Gasteiger partial charge >= 0.3 is 0 Å². The average molecular weight is 441 g/mol. The summed E-state index contributed by atoms with van der Waals surface area (Å²) in [7, 11) is -3.58. The summed E-state index contributed by atoms with van der Waals surface area (Å²) in [4.78, 5) is 13.0. The van der Waals surface area contributed by atoms with Crippen LogP contribution in [-0.4, -0.2) is 66.0 Å². The number of sulfonamides is 1. The van der Waals surface area contributed by atoms with E-state index in [1.165, 1.54) is 28.2 Å². The molecule has 1 amide bonds. The molecule has 29 heavy (non-hydrogen) atoms. The molecule has 10 nitrogen and oxygen atoms in total. The number of thioether (sulfide) groups is 1. The zero-order valence-corrected chi connectivity index (χ0v) is 17.9. The maximum atomic E-state index is 12.8. The maximum absolute atomic E-state index is 12.8. The molecule has 0 bridgehead atoms. The molecule has 2 heterocycles. The van der Waals surface area contributed by atoms with Crippen LogP contribution in [0.4, 0.5) is 11.6 Å². The first-order valence-electron chi connectivity index (χ1n) is 9.11. The third-order valence-corrected chi connectivity index (χ3v) is 7.16. The number of hydrogen-bond donors (Lipinski definition) is 2. The summed E-state index contributed by atoms with van der Waals surface area (Å²) in [5, 5.41) is 11.2. The topological polar surface area (TPSA) is 132 Å². The highest BCUT2D eigenvalue weighted by molar-refractivity contribution is 7.98. The molecular formula is C17H24N6O4S2. The lowest BCUT2D eigenvalue weighted by molar-refractivity contribution is -0.119. The molecule has 0 radical (unpaired) electrons. The highest BCUT2D eigenvalue weighted by Gasteiger charge is 2.27. The lowest BCUT2D eigenvalue weighted by Gasteiger charge is -2.26. The molecule has 158 valence electrons. The second kappa shape index (κ2) is 9.11. The number of nitrogen functional groups attached to an aromatic ring is 1. The first-order chi connectivity index (χ1) is 13.9. The van der Waals surface area contributed by atoms with Crippen LogP contribution in [0.1, 0.15) is 19.4 Å². The minimum atomic E-state index is -3.58. The van der Waals surface area contributed by atoms with Crippen molar-refractivity contribution < 1.29 is 17.9 Å². The molecule has 1 unspecified atom stereocenters. The molecule has 1 atom stereocenters. The van der Waals surface area contributed by atoms with Crippen molar-refractivity contribution in [2.45, 2.75) is 29.4 Å². The molecule has 3 rings (SSSR count). The molecule has 1 aliphatic heterocycles. The number of nitrogens with two attached hydrogens (primary N) is 1. The van der Waals surface area contributed by atoms with Crippen LogP contribution in [0, 0.1) is 0 Å². The van der Waals surface area contributed by atoms with E-state index in [9.17, 15) is 13.2 Å². The smallest absolute Gasteiger partial charge is 0.247 e. The number of nitrogens with one attached hydrogen (secondary N) is 1. The lowest BCUT2D eigenvalue weighted by atomic mass is 10.2. The third kappa shape index (κ3) is 4.55. The fraction of sp³-hybridized carbons (Fsp3) is 0.471. The number of ether oxygens (including phenoxy) is 1. The molecular weight excluding hydrogens is 416 g/mol. The molecule has 0 saturated carbocycles. The molecule has 0 aliphatic carbocycles. The van der Waals surface area contributed by atoms with Gasteiger partial charge in [0.2, 0.25) is 21.9 Å². The van der Waals surface area contributed by atoms with Crippen LogP contribution in [0.3, 0.4) is 0 Å². The molecule has 2 aromatic rings. The highest BCUT2D eigenvalue weighted by Crippen LogP contribution is 2.25. The third-order valence-electron chi connectivity index (χ3n) is 4.60. The van der Waals surface area contributed by atoms with Crippen molar-refractivity contribution in [1.29, 1.82) is 0 Å². The van der Waals surface area contributed by atoms with Gasteiger partial charge in [0.25, 0.3) is 0 Å². The number of carbonyl (C=O) groups is 1. The van der Waals surface area contributed by atoms with Crippen LogP contribution in [0.5, 0.6) is 0 Å². The second-order valence-electron chi connectivity index (χ2n) is 6.37. The van der Waals surface area contributed by atoms with Crippen molar-refractivity contribution >= 4 is 39.3 Å². The van der Waals surface area contributed by atoms with E-state index in [-0.39, 0.29) is 16.8 Å². The molecule has 12 heteroatoms. The minimum absolute atomic E-state index is 0.170. The van der Waals surface area contributed by atoms with E-state index in [1.54, 1.807) is 16.7 Å². The number of hydrogen-bond acceptors (Lipinski definition) is 8. The quantitative estimate of drug-likeness (QED) is 0.614. The van der Waals surface area contributed by atoms with Gasteiger partial charge in [-0.25, -0.2) is 8.42 Å². The number of aromatic nitrogens is 3. The normalized spacial score (nSPS) is 16.5. The summed E-state index contributed by atoms with van der Waals surface area (Å²) < 4.78 is 33.6. The van der Waals surface area contributed by atoms with Crippen molar-refractivity contribution in [1.82, 2.24) is 19.1 Å². The van der Waals surface area contributed by atoms with Crippen molar-refractivity contribution in [2.24, 2.45) is 0 Å². The molecule has 1 saturated heterocycles. The van der Waals surface area contributed by atoms with Crippen LogP contribution in [0.25, 0.3) is 0 Å². The fourth-order valence-corrected chi connectivity index (χ4v) is 5.03. The van der Waals surface area contributed by atoms with Crippen LogP contribution in [0.15, 0.2) is 34.3 Å². The Morgan fingerprint density at radius 1 is 1.28 bits per heavy atom. The van der Waals surface area contributed by atoms with Gasteiger partial charge in [-0.05, 0) is 36.9 Å². The summed E-state index contributed by atoms with van der Waals surface area (Å²) in [5.41, 5.74) is 6.37. The Bertz CT molecular complexity index is 955. The van der Waals surface area contributed by atoms with Crippen molar-refractivity contribution in [2.75, 3.05) is 43.6 Å². The second-order valence-corrected chi connectivity index (χ2v) is 9.08. The number of benzene rings is 1. The van der Waals surface area contributed by atoms with Gasteiger partial charge < -0.3 is 15.8 Å². The summed E-state index contributed by atoms with van der Waals surface area (Å²) >= 11 is 1.35. The monoisotopic (exact) mass is 440 g/mol. The Hall–Kier alpha value is -2.15. The molecule has 1 fully saturated rings. The zero-order chi connectivity index (χ0) is 21.0. The Labute approximate surface area is 173 Å². The number of amides is 1. The van der Waals surface area contributed by atoms with Crippen LogP contribution in [0.2, 0.25) is 0 Å². The van der Waals surface area contributed by atoms with Gasteiger partial charge in [-0.2, -0.15) is 4.31 Å². The number of rotatable bonds is 7. The van der Waals surface area contributed by atoms with E-state index in [1.807, 2.05) is 13.2 Å². The zero-order valence-electron chi connectivity index (χ0n) is 16.2. The lowest BCUT2D eigenvalue weighted by Crippen LogP contribution is -2.40. The Morgan fingerprint density at radius 2 is 1.93 bits per heavy atom. The Kier molecular flexibility index (Phi) is 6.77. The molecule has 1 aromatic carbocycles. The summed E-state index contributed by atoms with van der Waals surface area (Å²) in [5.74, 6) is -0.110. The highest BCUT2D eigenvalue weighted by atomic mass is 32.2. The van der Waals surface area contributed by atoms with Gasteiger partial charge in [0.15, 0.2) is 5.16 Å². The number of morpholine rings is 1. The van der Waals surface area contributed by atoms with Crippen molar-refractivity contribution in [3.8, 4) is 0 Å². The van der Waals surface area contributed by atoms with Gasteiger partial charge in [0.05, 0.1) is 18.1 Å². The number of nitrogens with zero attached hydrogens (tertiary/aromatic N) is 4. The predicted octanol–water partition coefficient (Wildman–Crippen LogP) is 1.19. The number of anilines is 2. The van der Waals surface area contributed by atoms with E-state index < -0.39 is 16.1 Å². The van der Waals surface area contributed by atoms with Gasteiger partial charge in [-0.1, -0.05) is 18.7 Å². The van der Waals surface area contributed by atoms with Gasteiger partial charge in [0, 0.05) is 18.8 Å². The Balaban J connectivity index is 1.75. The minimum Gasteiger partial charge on any atom is -0.379 e. The molecule has 0 spiro atoms. The van der Waals surface area contributed by atoms with Gasteiger partial charge in [0.1, 0.15) is 6.04 Å². The maximum Gasteiger partial charge on any atom is 0.247 e. The summed E-state index contributed by atoms with van der Waals surface area (Å²) in [6.45, 7) is 3.30. The van der Waals surface area contributed by atoms with Crippen molar-refractivity contribution in [3.05, 3.63) is 24.3 Å². The number of carbonyl (C=O) groups excluding carboxylic acids is 1. The SMILES string of the molecule is CCC(C(=O)Nc1ccc(S(=O)(=O)N2CCOCC2)cc1)n1c(N)nnc1SC. The first-order valence-corrected chi connectivity index (χ1v) is 11.8. The average Bonchev–Trinajstić information content (AvgIpc) is 3.10. The summed E-state index contributed by atoms with van der Waals surface area (Å²) in [6, 6.07) is 5.54. The van der Waals surface area contributed by atoms with Crippen molar-refractivity contribution in [3.63, 3.8) is 0 Å². The van der Waals surface area contributed by atoms with Crippen LogP contribution < -0.4 is 11.1 Å². The first kappa shape index (κ1) is 21.6.